The molecule has 5 rings (SSSR count). The Bertz CT molecular complexity index is 1470. The van der Waals surface area contributed by atoms with Crippen LogP contribution in [0.2, 0.25) is 0 Å². The number of methoxy groups -OCH3 is 2. The van der Waals surface area contributed by atoms with Gasteiger partial charge in [-0.05, 0) is 30.5 Å². The maximum absolute atomic E-state index is 13.5. The van der Waals surface area contributed by atoms with Gasteiger partial charge in [0.15, 0.2) is 11.5 Å². The average Bonchev–Trinajstić information content (AvgIpc) is 3.67. The molecule has 1 atom stereocenters. The SMILES string of the molecule is COc1ccc(-n2cc(-c3ccccc3)nc2NC(=O)CN(CC2CCCO2)C(=O)Cc2ccccc2)cc1OC. The Hall–Kier alpha value is -4.63. The Balaban J connectivity index is 1.41. The van der Waals surface area contributed by atoms with Gasteiger partial charge in [0.2, 0.25) is 17.8 Å². The normalized spacial score (nSPS) is 14.4. The van der Waals surface area contributed by atoms with Crippen LogP contribution in [0.1, 0.15) is 18.4 Å². The van der Waals surface area contributed by atoms with E-state index in [2.05, 4.69) is 5.32 Å². The van der Waals surface area contributed by atoms with Crippen LogP contribution in [0.3, 0.4) is 0 Å². The molecule has 0 radical (unpaired) electrons. The molecule has 0 spiro atoms. The summed E-state index contributed by atoms with van der Waals surface area (Å²) in [7, 11) is 3.15. The van der Waals surface area contributed by atoms with Crippen molar-refractivity contribution in [1.29, 1.82) is 0 Å². The van der Waals surface area contributed by atoms with E-state index >= 15 is 0 Å². The van der Waals surface area contributed by atoms with Gasteiger partial charge in [-0.25, -0.2) is 4.98 Å². The van der Waals surface area contributed by atoms with Gasteiger partial charge in [0.1, 0.15) is 6.54 Å². The minimum atomic E-state index is -0.351. The Morgan fingerprint density at radius 2 is 1.73 bits per heavy atom. The van der Waals surface area contributed by atoms with E-state index < -0.39 is 0 Å². The van der Waals surface area contributed by atoms with Crippen molar-refractivity contribution in [2.75, 3.05) is 39.2 Å². The van der Waals surface area contributed by atoms with Crippen LogP contribution >= 0.6 is 0 Å². The molecular formula is C32H34N4O5. The Kier molecular flexibility index (Phi) is 8.95. The summed E-state index contributed by atoms with van der Waals surface area (Å²) < 4.78 is 18.5. The second-order valence-electron chi connectivity index (χ2n) is 9.84. The number of carbonyl (C=O) groups excluding carboxylic acids is 2. The molecular weight excluding hydrogens is 520 g/mol. The first-order valence-electron chi connectivity index (χ1n) is 13.6. The van der Waals surface area contributed by atoms with Crippen LogP contribution in [-0.2, 0) is 20.7 Å². The molecule has 4 aromatic rings. The highest BCUT2D eigenvalue weighted by molar-refractivity contribution is 5.94. The van der Waals surface area contributed by atoms with E-state index in [1.807, 2.05) is 79.0 Å². The topological polar surface area (TPSA) is 94.9 Å². The van der Waals surface area contributed by atoms with Gasteiger partial charge in [-0.15, -0.1) is 0 Å². The number of rotatable bonds is 11. The van der Waals surface area contributed by atoms with Crippen LogP contribution in [0.15, 0.2) is 85.1 Å². The smallest absolute Gasteiger partial charge is 0.246 e. The number of benzene rings is 3. The lowest BCUT2D eigenvalue weighted by Gasteiger charge is -2.25. The minimum absolute atomic E-state index is 0.0824. The number of hydrogen-bond acceptors (Lipinski definition) is 6. The van der Waals surface area contributed by atoms with E-state index in [1.54, 1.807) is 29.8 Å². The summed E-state index contributed by atoms with van der Waals surface area (Å²) >= 11 is 0. The number of imidazole rings is 1. The fourth-order valence-electron chi connectivity index (χ4n) is 4.90. The van der Waals surface area contributed by atoms with Gasteiger partial charge < -0.3 is 19.1 Å². The van der Waals surface area contributed by atoms with E-state index in [0.717, 1.165) is 29.7 Å². The van der Waals surface area contributed by atoms with E-state index in [0.29, 0.717) is 36.3 Å². The van der Waals surface area contributed by atoms with E-state index in [1.165, 1.54) is 0 Å². The first kappa shape index (κ1) is 27.9. The molecule has 0 aliphatic carbocycles. The standard InChI is InChI=1S/C32H34N4O5/c1-39-28-16-15-25(19-29(28)40-2)36-21-27(24-12-7-4-8-13-24)33-32(36)34-30(37)22-35(20-26-14-9-17-41-26)31(38)18-23-10-5-3-6-11-23/h3-8,10-13,15-16,19,21,26H,9,14,17-18,20,22H2,1-2H3,(H,33,34,37). The van der Waals surface area contributed by atoms with Crippen LogP contribution < -0.4 is 14.8 Å². The summed E-state index contributed by atoms with van der Waals surface area (Å²) in [6, 6.07) is 24.7. The lowest BCUT2D eigenvalue weighted by Crippen LogP contribution is -2.43. The Morgan fingerprint density at radius 3 is 2.41 bits per heavy atom. The lowest BCUT2D eigenvalue weighted by molar-refractivity contribution is -0.135. The van der Waals surface area contributed by atoms with Crippen molar-refractivity contribution in [3.05, 3.63) is 90.6 Å². The summed E-state index contributed by atoms with van der Waals surface area (Å²) in [4.78, 5) is 33.1. The van der Waals surface area contributed by atoms with Crippen LogP contribution in [0, 0.1) is 0 Å². The number of ether oxygens (including phenoxy) is 3. The predicted molar refractivity (Wildman–Crippen MR) is 156 cm³/mol. The minimum Gasteiger partial charge on any atom is -0.493 e. The van der Waals surface area contributed by atoms with E-state index in [9.17, 15) is 9.59 Å². The van der Waals surface area contributed by atoms with Gasteiger partial charge in [-0.3, -0.25) is 19.5 Å². The van der Waals surface area contributed by atoms with Gasteiger partial charge >= 0.3 is 0 Å². The van der Waals surface area contributed by atoms with Crippen LogP contribution in [0.4, 0.5) is 5.95 Å². The molecule has 41 heavy (non-hydrogen) atoms. The second-order valence-corrected chi connectivity index (χ2v) is 9.84. The number of amides is 2. The summed E-state index contributed by atoms with van der Waals surface area (Å²) in [5.41, 5.74) is 3.21. The zero-order valence-corrected chi connectivity index (χ0v) is 23.3. The maximum atomic E-state index is 13.5. The van der Waals surface area contributed by atoms with Crippen molar-refractivity contribution in [3.8, 4) is 28.4 Å². The van der Waals surface area contributed by atoms with Crippen molar-refractivity contribution in [2.45, 2.75) is 25.4 Å². The summed E-state index contributed by atoms with van der Waals surface area (Å²) in [5, 5.41) is 2.95. The summed E-state index contributed by atoms with van der Waals surface area (Å²) in [6.45, 7) is 0.909. The molecule has 212 valence electrons. The highest BCUT2D eigenvalue weighted by Crippen LogP contribution is 2.32. The number of nitrogens with zero attached hydrogens (tertiary/aromatic N) is 3. The molecule has 1 aliphatic heterocycles. The number of anilines is 1. The van der Waals surface area contributed by atoms with Gasteiger partial charge in [0.05, 0.1) is 38.1 Å². The van der Waals surface area contributed by atoms with Gasteiger partial charge in [0, 0.05) is 31.0 Å². The zero-order valence-electron chi connectivity index (χ0n) is 23.3. The molecule has 1 unspecified atom stereocenters. The summed E-state index contributed by atoms with van der Waals surface area (Å²) in [5.74, 6) is 0.985. The van der Waals surface area contributed by atoms with Gasteiger partial charge in [-0.2, -0.15) is 0 Å². The monoisotopic (exact) mass is 554 g/mol. The first-order valence-corrected chi connectivity index (χ1v) is 13.6. The molecule has 1 N–H and O–H groups in total. The number of aromatic nitrogens is 2. The number of carbonyl (C=O) groups is 2. The van der Waals surface area contributed by atoms with Crippen molar-refractivity contribution in [2.24, 2.45) is 0 Å². The lowest BCUT2D eigenvalue weighted by atomic mass is 10.1. The summed E-state index contributed by atoms with van der Waals surface area (Å²) in [6.07, 6.45) is 3.79. The van der Waals surface area contributed by atoms with Crippen molar-refractivity contribution < 1.29 is 23.8 Å². The Morgan fingerprint density at radius 1 is 1.00 bits per heavy atom. The van der Waals surface area contributed by atoms with Crippen molar-refractivity contribution in [1.82, 2.24) is 14.5 Å². The molecule has 2 amide bonds. The predicted octanol–water partition coefficient (Wildman–Crippen LogP) is 4.75. The largest absolute Gasteiger partial charge is 0.493 e. The first-order chi connectivity index (χ1) is 20.0. The van der Waals surface area contributed by atoms with Gasteiger partial charge in [0.25, 0.3) is 0 Å². The third-order valence-electron chi connectivity index (χ3n) is 7.01. The molecule has 1 fully saturated rings. The van der Waals surface area contributed by atoms with Crippen LogP contribution in [-0.4, -0.2) is 66.3 Å². The maximum Gasteiger partial charge on any atom is 0.246 e. The van der Waals surface area contributed by atoms with Crippen LogP contribution in [0.5, 0.6) is 11.5 Å². The zero-order chi connectivity index (χ0) is 28.6. The quantitative estimate of drug-likeness (QED) is 0.288. The van der Waals surface area contributed by atoms with E-state index in [4.69, 9.17) is 19.2 Å². The molecule has 1 saturated heterocycles. The molecule has 0 bridgehead atoms. The van der Waals surface area contributed by atoms with Crippen LogP contribution in [0.25, 0.3) is 16.9 Å². The Labute approximate surface area is 239 Å². The third-order valence-corrected chi connectivity index (χ3v) is 7.01. The molecule has 9 heteroatoms. The highest BCUT2D eigenvalue weighted by atomic mass is 16.5. The van der Waals surface area contributed by atoms with Crippen molar-refractivity contribution >= 4 is 17.8 Å². The average molecular weight is 555 g/mol. The number of nitrogens with one attached hydrogen (secondary N) is 1. The van der Waals surface area contributed by atoms with Crippen molar-refractivity contribution in [3.63, 3.8) is 0 Å². The molecule has 9 nitrogen and oxygen atoms in total. The molecule has 3 aromatic carbocycles. The highest BCUT2D eigenvalue weighted by Gasteiger charge is 2.25. The number of hydrogen-bond donors (Lipinski definition) is 1. The van der Waals surface area contributed by atoms with Gasteiger partial charge in [-0.1, -0.05) is 60.7 Å². The third kappa shape index (κ3) is 6.93. The molecule has 2 heterocycles. The molecule has 1 aliphatic rings. The molecule has 1 aromatic heterocycles. The van der Waals surface area contributed by atoms with E-state index in [-0.39, 0.29) is 30.9 Å². The molecule has 0 saturated carbocycles. The second kappa shape index (κ2) is 13.1. The fourth-order valence-corrected chi connectivity index (χ4v) is 4.90. The fraction of sp³-hybridized carbons (Fsp3) is 0.281.